The van der Waals surface area contributed by atoms with Gasteiger partial charge in [-0.25, -0.2) is 0 Å². The molecule has 0 N–H and O–H groups in total. The fourth-order valence-corrected chi connectivity index (χ4v) is 1.43. The molecule has 0 atom stereocenters. The summed E-state index contributed by atoms with van der Waals surface area (Å²) >= 11 is 5.61. The van der Waals surface area contributed by atoms with Crippen LogP contribution in [0.1, 0.15) is 39.5 Å². The van der Waals surface area contributed by atoms with Gasteiger partial charge in [-0.3, -0.25) is 0 Å². The molecule has 0 radical (unpaired) electrons. The van der Waals surface area contributed by atoms with Gasteiger partial charge in [0.1, 0.15) is 0 Å². The number of nitrogens with zero attached hydrogens (tertiary/aromatic N) is 1. The third-order valence-electron chi connectivity index (χ3n) is 2.13. The van der Waals surface area contributed by atoms with Crippen molar-refractivity contribution in [2.45, 2.75) is 39.5 Å². The Morgan fingerprint density at radius 2 is 1.67 bits per heavy atom. The highest BCUT2D eigenvalue weighted by molar-refractivity contribution is 6.17. The summed E-state index contributed by atoms with van der Waals surface area (Å²) in [5.41, 5.74) is 0. The molecule has 0 rings (SSSR count). The van der Waals surface area contributed by atoms with Crippen molar-refractivity contribution in [3.05, 3.63) is 0 Å². The van der Waals surface area contributed by atoms with Crippen LogP contribution in [-0.2, 0) is 0 Å². The molecule has 74 valence electrons. The Labute approximate surface area is 82.1 Å². The smallest absolute Gasteiger partial charge is 0.0223 e. The quantitative estimate of drug-likeness (QED) is 0.421. The van der Waals surface area contributed by atoms with Crippen LogP contribution in [0.4, 0.5) is 0 Å². The maximum atomic E-state index is 5.61. The van der Waals surface area contributed by atoms with E-state index in [1.54, 1.807) is 0 Å². The van der Waals surface area contributed by atoms with E-state index < -0.39 is 0 Å². The standard InChI is InChI=1S/C10H22ClN/c1-3-5-9-12(4-2)10-7-6-8-11/h3-10H2,1-2H3. The summed E-state index contributed by atoms with van der Waals surface area (Å²) in [6, 6.07) is 0. The molecule has 0 aliphatic rings. The van der Waals surface area contributed by atoms with Gasteiger partial charge in [0.15, 0.2) is 0 Å². The van der Waals surface area contributed by atoms with Crippen molar-refractivity contribution in [2.75, 3.05) is 25.5 Å². The highest BCUT2D eigenvalue weighted by atomic mass is 35.5. The molecule has 0 unspecified atom stereocenters. The van der Waals surface area contributed by atoms with E-state index in [9.17, 15) is 0 Å². The molecule has 0 aliphatic heterocycles. The molecule has 0 spiro atoms. The second-order valence-corrected chi connectivity index (χ2v) is 3.56. The van der Waals surface area contributed by atoms with E-state index in [2.05, 4.69) is 18.7 Å². The van der Waals surface area contributed by atoms with Gasteiger partial charge in [-0.15, -0.1) is 11.6 Å². The lowest BCUT2D eigenvalue weighted by Gasteiger charge is -2.19. The molecule has 0 aromatic rings. The van der Waals surface area contributed by atoms with Gasteiger partial charge < -0.3 is 4.90 Å². The molecular weight excluding hydrogens is 170 g/mol. The number of halogens is 1. The largest absolute Gasteiger partial charge is 0.304 e. The topological polar surface area (TPSA) is 3.24 Å². The monoisotopic (exact) mass is 191 g/mol. The van der Waals surface area contributed by atoms with Crippen molar-refractivity contribution in [3.8, 4) is 0 Å². The van der Waals surface area contributed by atoms with Crippen LogP contribution in [-0.4, -0.2) is 30.4 Å². The van der Waals surface area contributed by atoms with Crippen molar-refractivity contribution in [1.29, 1.82) is 0 Å². The Morgan fingerprint density at radius 3 is 2.17 bits per heavy atom. The number of rotatable bonds is 8. The van der Waals surface area contributed by atoms with Gasteiger partial charge in [-0.1, -0.05) is 20.3 Å². The van der Waals surface area contributed by atoms with Gasteiger partial charge in [0.05, 0.1) is 0 Å². The minimum absolute atomic E-state index is 0.811. The third kappa shape index (κ3) is 6.93. The fraction of sp³-hybridized carbons (Fsp3) is 1.00. The Bertz CT molecular complexity index is 85.9. The van der Waals surface area contributed by atoms with Gasteiger partial charge in [0, 0.05) is 5.88 Å². The van der Waals surface area contributed by atoms with Crippen LogP contribution in [0.5, 0.6) is 0 Å². The molecule has 0 amide bonds. The lowest BCUT2D eigenvalue weighted by molar-refractivity contribution is 0.279. The molecule has 0 aromatic carbocycles. The zero-order valence-corrected chi connectivity index (χ0v) is 9.24. The van der Waals surface area contributed by atoms with Gasteiger partial charge in [0.2, 0.25) is 0 Å². The van der Waals surface area contributed by atoms with Gasteiger partial charge in [0.25, 0.3) is 0 Å². The average molecular weight is 192 g/mol. The minimum atomic E-state index is 0.811. The lowest BCUT2D eigenvalue weighted by Crippen LogP contribution is -2.25. The van der Waals surface area contributed by atoms with Gasteiger partial charge >= 0.3 is 0 Å². The van der Waals surface area contributed by atoms with Crippen molar-refractivity contribution < 1.29 is 0 Å². The van der Waals surface area contributed by atoms with Crippen LogP contribution in [0.2, 0.25) is 0 Å². The zero-order valence-electron chi connectivity index (χ0n) is 8.48. The lowest BCUT2D eigenvalue weighted by atomic mass is 10.2. The van der Waals surface area contributed by atoms with E-state index in [1.807, 2.05) is 0 Å². The van der Waals surface area contributed by atoms with Crippen LogP contribution in [0.25, 0.3) is 0 Å². The Balaban J connectivity index is 3.26. The van der Waals surface area contributed by atoms with E-state index in [1.165, 1.54) is 38.9 Å². The predicted octanol–water partition coefficient (Wildman–Crippen LogP) is 3.13. The molecule has 2 heteroatoms. The van der Waals surface area contributed by atoms with Gasteiger partial charge in [-0.05, 0) is 38.9 Å². The maximum Gasteiger partial charge on any atom is 0.0223 e. The molecule has 1 nitrogen and oxygen atoms in total. The third-order valence-corrected chi connectivity index (χ3v) is 2.40. The SMILES string of the molecule is CCCCN(CC)CCCCCl. The summed E-state index contributed by atoms with van der Waals surface area (Å²) in [6.07, 6.45) is 5.03. The van der Waals surface area contributed by atoms with Gasteiger partial charge in [-0.2, -0.15) is 0 Å². The Morgan fingerprint density at radius 1 is 1.00 bits per heavy atom. The van der Waals surface area contributed by atoms with Crippen LogP contribution < -0.4 is 0 Å². The van der Waals surface area contributed by atoms with E-state index in [0.29, 0.717) is 0 Å². The van der Waals surface area contributed by atoms with Crippen molar-refractivity contribution in [3.63, 3.8) is 0 Å². The summed E-state index contributed by atoms with van der Waals surface area (Å²) in [5, 5.41) is 0. The first-order valence-corrected chi connectivity index (χ1v) is 5.66. The first-order valence-electron chi connectivity index (χ1n) is 5.13. The van der Waals surface area contributed by atoms with Crippen molar-refractivity contribution in [2.24, 2.45) is 0 Å². The number of alkyl halides is 1. The molecule has 0 heterocycles. The van der Waals surface area contributed by atoms with E-state index in [4.69, 9.17) is 11.6 Å². The molecule has 0 bridgehead atoms. The maximum absolute atomic E-state index is 5.61. The molecule has 0 saturated carbocycles. The van der Waals surface area contributed by atoms with E-state index in [0.717, 1.165) is 12.3 Å². The average Bonchev–Trinajstić information content (AvgIpc) is 2.11. The first-order chi connectivity index (χ1) is 5.85. The zero-order chi connectivity index (χ0) is 9.23. The summed E-state index contributed by atoms with van der Waals surface area (Å²) in [6.45, 7) is 8.14. The molecular formula is C10H22ClN. The molecule has 0 aliphatic carbocycles. The summed E-state index contributed by atoms with van der Waals surface area (Å²) in [7, 11) is 0. The molecule has 12 heavy (non-hydrogen) atoms. The summed E-state index contributed by atoms with van der Waals surface area (Å²) in [4.78, 5) is 2.51. The highest BCUT2D eigenvalue weighted by Crippen LogP contribution is 1.99. The van der Waals surface area contributed by atoms with Crippen LogP contribution >= 0.6 is 11.6 Å². The fourth-order valence-electron chi connectivity index (χ4n) is 1.24. The molecule has 0 fully saturated rings. The van der Waals surface area contributed by atoms with Crippen molar-refractivity contribution >= 4 is 11.6 Å². The number of hydrogen-bond acceptors (Lipinski definition) is 1. The second kappa shape index (κ2) is 9.34. The number of hydrogen-bond donors (Lipinski definition) is 0. The van der Waals surface area contributed by atoms with Crippen LogP contribution in [0.3, 0.4) is 0 Å². The molecule has 0 saturated heterocycles. The van der Waals surface area contributed by atoms with E-state index >= 15 is 0 Å². The van der Waals surface area contributed by atoms with Crippen LogP contribution in [0, 0.1) is 0 Å². The second-order valence-electron chi connectivity index (χ2n) is 3.18. The molecule has 0 aromatic heterocycles. The Kier molecular flexibility index (Phi) is 9.53. The number of unbranched alkanes of at least 4 members (excludes halogenated alkanes) is 2. The summed E-state index contributed by atoms with van der Waals surface area (Å²) in [5.74, 6) is 0.811. The van der Waals surface area contributed by atoms with Crippen molar-refractivity contribution in [1.82, 2.24) is 4.90 Å². The Hall–Kier alpha value is 0.250. The highest BCUT2D eigenvalue weighted by Gasteiger charge is 1.99. The normalized spacial score (nSPS) is 11.0. The van der Waals surface area contributed by atoms with E-state index in [-0.39, 0.29) is 0 Å². The first kappa shape index (κ1) is 12.2. The predicted molar refractivity (Wildman–Crippen MR) is 57.0 cm³/mol. The minimum Gasteiger partial charge on any atom is -0.304 e. The van der Waals surface area contributed by atoms with Crippen LogP contribution in [0.15, 0.2) is 0 Å². The summed E-state index contributed by atoms with van der Waals surface area (Å²) < 4.78 is 0.